The van der Waals surface area contributed by atoms with Crippen LogP contribution < -0.4 is 15.0 Å². The molecule has 0 bridgehead atoms. The lowest BCUT2D eigenvalue weighted by molar-refractivity contribution is 0.482. The Bertz CT molecular complexity index is 1380. The minimum Gasteiger partial charge on any atom is -0.457 e. The molecule has 1 aliphatic heterocycles. The van der Waals surface area contributed by atoms with E-state index in [0.29, 0.717) is 11.2 Å². The highest BCUT2D eigenvalue weighted by Gasteiger charge is 2.42. The average Bonchev–Trinajstić information content (AvgIpc) is 3.63. The molecule has 1 saturated heterocycles. The van der Waals surface area contributed by atoms with Gasteiger partial charge in [0.25, 0.3) is 0 Å². The van der Waals surface area contributed by atoms with Crippen molar-refractivity contribution >= 4 is 23.0 Å². The molecular formula is C31H32N4OS. The van der Waals surface area contributed by atoms with Gasteiger partial charge in [-0.05, 0) is 99.1 Å². The third kappa shape index (κ3) is 4.51. The smallest absolute Gasteiger partial charge is 0.174 e. The Hall–Kier alpha value is -3.64. The number of nitrogens with zero attached hydrogens (tertiary/aromatic N) is 3. The van der Waals surface area contributed by atoms with Gasteiger partial charge in [0.1, 0.15) is 11.5 Å². The zero-order valence-corrected chi connectivity index (χ0v) is 22.1. The third-order valence-corrected chi connectivity index (χ3v) is 8.04. The van der Waals surface area contributed by atoms with Crippen LogP contribution in [0.4, 0.5) is 5.69 Å². The minimum atomic E-state index is -0.0496. The molecule has 1 N–H and O–H groups in total. The van der Waals surface area contributed by atoms with Crippen molar-refractivity contribution in [3.05, 3.63) is 108 Å². The van der Waals surface area contributed by atoms with Crippen LogP contribution >= 0.6 is 12.2 Å². The van der Waals surface area contributed by atoms with Crippen molar-refractivity contribution < 1.29 is 4.74 Å². The number of anilines is 1. The van der Waals surface area contributed by atoms with Crippen LogP contribution in [0.1, 0.15) is 66.5 Å². The molecule has 2 aromatic carbocycles. The first kappa shape index (κ1) is 23.7. The van der Waals surface area contributed by atoms with Crippen molar-refractivity contribution in [2.45, 2.75) is 57.7 Å². The average molecular weight is 509 g/mol. The fraction of sp³-hybridized carbons (Fsp3) is 0.290. The summed E-state index contributed by atoms with van der Waals surface area (Å²) in [6.07, 6.45) is 7.00. The molecule has 2 aromatic heterocycles. The molecule has 0 radical (unpaired) electrons. The van der Waals surface area contributed by atoms with Crippen molar-refractivity contribution in [1.29, 1.82) is 0 Å². The Balaban J connectivity index is 1.39. The summed E-state index contributed by atoms with van der Waals surface area (Å²) in [7, 11) is 0. The number of rotatable bonds is 6. The number of pyridine rings is 1. The molecule has 1 aliphatic carbocycles. The van der Waals surface area contributed by atoms with Gasteiger partial charge in [0.2, 0.25) is 0 Å². The fourth-order valence-electron chi connectivity index (χ4n) is 6.07. The highest BCUT2D eigenvalue weighted by Crippen LogP contribution is 2.45. The van der Waals surface area contributed by atoms with Crippen LogP contribution in [0.15, 0.2) is 85.1 Å². The van der Waals surface area contributed by atoms with E-state index in [4.69, 9.17) is 21.9 Å². The molecule has 6 heteroatoms. The molecule has 4 aromatic rings. The molecule has 2 atom stereocenters. The summed E-state index contributed by atoms with van der Waals surface area (Å²) in [6, 6.07) is 27.1. The first-order valence-corrected chi connectivity index (χ1v) is 13.5. The van der Waals surface area contributed by atoms with Crippen molar-refractivity contribution in [1.82, 2.24) is 14.9 Å². The van der Waals surface area contributed by atoms with Crippen LogP contribution in [-0.2, 0) is 0 Å². The zero-order valence-electron chi connectivity index (χ0n) is 21.3. The SMILES string of the molecule is Cc1cc([C@H]2[C@@H](c3ccccn3)NC(=S)N2c2ccc(Oc3ccccc3)cc2)c(C)n1C1CCCC1. The predicted octanol–water partition coefficient (Wildman–Crippen LogP) is 7.58. The van der Waals surface area contributed by atoms with Gasteiger partial charge in [-0.15, -0.1) is 0 Å². The van der Waals surface area contributed by atoms with Gasteiger partial charge < -0.3 is 19.5 Å². The molecule has 188 valence electrons. The van der Waals surface area contributed by atoms with E-state index in [-0.39, 0.29) is 12.1 Å². The highest BCUT2D eigenvalue weighted by molar-refractivity contribution is 7.80. The van der Waals surface area contributed by atoms with Crippen LogP contribution in [0.2, 0.25) is 0 Å². The number of para-hydroxylation sites is 1. The number of aromatic nitrogens is 2. The number of hydrogen-bond donors (Lipinski definition) is 1. The van der Waals surface area contributed by atoms with E-state index in [1.807, 2.05) is 60.8 Å². The number of benzene rings is 2. The van der Waals surface area contributed by atoms with Gasteiger partial charge in [0.05, 0.1) is 17.8 Å². The van der Waals surface area contributed by atoms with Crippen LogP contribution in [0.5, 0.6) is 11.5 Å². The Morgan fingerprint density at radius 1 is 0.892 bits per heavy atom. The second kappa shape index (κ2) is 10.0. The minimum absolute atomic E-state index is 0.00959. The van der Waals surface area contributed by atoms with E-state index in [1.165, 1.54) is 42.6 Å². The molecule has 1 saturated carbocycles. The molecule has 0 spiro atoms. The van der Waals surface area contributed by atoms with Crippen molar-refractivity contribution in [2.24, 2.45) is 0 Å². The van der Waals surface area contributed by atoms with Crippen molar-refractivity contribution in [2.75, 3.05) is 4.90 Å². The van der Waals surface area contributed by atoms with Gasteiger partial charge in [0.15, 0.2) is 5.11 Å². The Morgan fingerprint density at radius 3 is 2.30 bits per heavy atom. The highest BCUT2D eigenvalue weighted by atomic mass is 32.1. The summed E-state index contributed by atoms with van der Waals surface area (Å²) < 4.78 is 8.60. The van der Waals surface area contributed by atoms with E-state index in [9.17, 15) is 0 Å². The Labute approximate surface area is 224 Å². The van der Waals surface area contributed by atoms with Gasteiger partial charge in [-0.3, -0.25) is 4.98 Å². The second-order valence-corrected chi connectivity index (χ2v) is 10.4. The second-order valence-electron chi connectivity index (χ2n) is 10.0. The number of nitrogens with one attached hydrogen (secondary N) is 1. The Morgan fingerprint density at radius 2 is 1.59 bits per heavy atom. The van der Waals surface area contributed by atoms with E-state index < -0.39 is 0 Å². The topological polar surface area (TPSA) is 42.3 Å². The summed E-state index contributed by atoms with van der Waals surface area (Å²) in [6.45, 7) is 4.51. The predicted molar refractivity (Wildman–Crippen MR) is 152 cm³/mol. The van der Waals surface area contributed by atoms with E-state index in [1.54, 1.807) is 0 Å². The number of ether oxygens (including phenoxy) is 1. The number of thiocarbonyl (C=S) groups is 1. The number of aryl methyl sites for hydroxylation is 1. The van der Waals surface area contributed by atoms with Crippen molar-refractivity contribution in [3.63, 3.8) is 0 Å². The van der Waals surface area contributed by atoms with Gasteiger partial charge in [0, 0.05) is 29.3 Å². The van der Waals surface area contributed by atoms with Gasteiger partial charge in [-0.25, -0.2) is 0 Å². The van der Waals surface area contributed by atoms with Crippen LogP contribution in [0.3, 0.4) is 0 Å². The monoisotopic (exact) mass is 508 g/mol. The van der Waals surface area contributed by atoms with E-state index in [0.717, 1.165) is 22.9 Å². The summed E-state index contributed by atoms with van der Waals surface area (Å²) in [5.41, 5.74) is 5.98. The largest absolute Gasteiger partial charge is 0.457 e. The summed E-state index contributed by atoms with van der Waals surface area (Å²) in [4.78, 5) is 6.97. The quantitative estimate of drug-likeness (QED) is 0.272. The van der Waals surface area contributed by atoms with E-state index in [2.05, 4.69) is 52.9 Å². The van der Waals surface area contributed by atoms with E-state index >= 15 is 0 Å². The standard InChI is InChI=1S/C31H32N4OS/c1-21-20-27(22(2)34(21)23-10-6-7-11-23)30-29(28-14-8-9-19-32-28)33-31(37)35(30)24-15-17-26(18-16-24)36-25-12-4-3-5-13-25/h3-5,8-9,12-20,23,29-30H,6-7,10-11H2,1-2H3,(H,33,37)/t29-,30+/m1/s1. The summed E-state index contributed by atoms with van der Waals surface area (Å²) in [5, 5.41) is 4.31. The first-order chi connectivity index (χ1) is 18.1. The summed E-state index contributed by atoms with van der Waals surface area (Å²) in [5.74, 6) is 1.62. The Kier molecular flexibility index (Phi) is 6.43. The lowest BCUT2D eigenvalue weighted by atomic mass is 9.96. The molecule has 6 rings (SSSR count). The maximum atomic E-state index is 6.04. The first-order valence-electron chi connectivity index (χ1n) is 13.1. The maximum absolute atomic E-state index is 6.04. The molecule has 5 nitrogen and oxygen atoms in total. The maximum Gasteiger partial charge on any atom is 0.174 e. The van der Waals surface area contributed by atoms with Gasteiger partial charge in [-0.2, -0.15) is 0 Å². The molecule has 0 amide bonds. The van der Waals surface area contributed by atoms with Crippen LogP contribution in [-0.4, -0.2) is 14.7 Å². The molecule has 2 aliphatic rings. The fourth-order valence-corrected chi connectivity index (χ4v) is 6.42. The number of hydrogen-bond acceptors (Lipinski definition) is 3. The van der Waals surface area contributed by atoms with Crippen molar-refractivity contribution in [3.8, 4) is 11.5 Å². The summed E-state index contributed by atoms with van der Waals surface area (Å²) >= 11 is 5.95. The molecule has 37 heavy (non-hydrogen) atoms. The third-order valence-electron chi connectivity index (χ3n) is 7.72. The van der Waals surface area contributed by atoms with Crippen LogP contribution in [0, 0.1) is 13.8 Å². The molecule has 0 unspecified atom stereocenters. The lowest BCUT2D eigenvalue weighted by Gasteiger charge is -2.28. The van der Waals surface area contributed by atoms with Gasteiger partial charge >= 0.3 is 0 Å². The molecule has 3 heterocycles. The normalized spacial score (nSPS) is 19.8. The lowest BCUT2D eigenvalue weighted by Crippen LogP contribution is -2.29. The van der Waals surface area contributed by atoms with Gasteiger partial charge in [-0.1, -0.05) is 37.1 Å². The molecular weight excluding hydrogens is 476 g/mol. The zero-order chi connectivity index (χ0) is 25.4. The van der Waals surface area contributed by atoms with Crippen LogP contribution in [0.25, 0.3) is 0 Å². The molecule has 2 fully saturated rings.